The van der Waals surface area contributed by atoms with E-state index in [1.54, 1.807) is 0 Å². The summed E-state index contributed by atoms with van der Waals surface area (Å²) in [4.78, 5) is 0. The lowest BCUT2D eigenvalue weighted by molar-refractivity contribution is 0.366. The van der Waals surface area contributed by atoms with Crippen LogP contribution in [-0.2, 0) is 25.9 Å². The first-order valence-corrected chi connectivity index (χ1v) is 7.97. The van der Waals surface area contributed by atoms with E-state index >= 15 is 0 Å². The van der Waals surface area contributed by atoms with E-state index < -0.39 is 0 Å². The summed E-state index contributed by atoms with van der Waals surface area (Å²) in [5.74, 6) is 2.07. The molecule has 4 rings (SSSR count). The molecule has 0 amide bonds. The number of fused-ring (bicyclic) bond motifs is 2. The van der Waals surface area contributed by atoms with Gasteiger partial charge in [-0.2, -0.15) is 0 Å². The van der Waals surface area contributed by atoms with Gasteiger partial charge in [0.1, 0.15) is 22.8 Å². The highest BCUT2D eigenvalue weighted by Crippen LogP contribution is 2.26. The minimum atomic E-state index is 0.748. The van der Waals surface area contributed by atoms with Crippen molar-refractivity contribution in [3.05, 3.63) is 52.6 Å². The summed E-state index contributed by atoms with van der Waals surface area (Å²) >= 11 is 0. The molecule has 0 atom stereocenters. The molecule has 114 valence electrons. The van der Waals surface area contributed by atoms with E-state index in [-0.39, 0.29) is 0 Å². The summed E-state index contributed by atoms with van der Waals surface area (Å²) in [6.45, 7) is 3.55. The lowest BCUT2D eigenvalue weighted by Crippen LogP contribution is -2.15. The summed E-state index contributed by atoms with van der Waals surface area (Å²) in [5.41, 5.74) is 4.58. The van der Waals surface area contributed by atoms with Gasteiger partial charge in [0.05, 0.1) is 0 Å². The maximum atomic E-state index is 5.80. The average molecular weight is 296 g/mol. The quantitative estimate of drug-likeness (QED) is 0.793. The predicted octanol–water partition coefficient (Wildman–Crippen LogP) is 3.90. The van der Waals surface area contributed by atoms with Gasteiger partial charge in [0.2, 0.25) is 0 Å². The lowest BCUT2D eigenvalue weighted by atomic mass is 9.96. The molecule has 4 heteroatoms. The van der Waals surface area contributed by atoms with Crippen LogP contribution in [0.1, 0.15) is 41.2 Å². The van der Waals surface area contributed by atoms with Gasteiger partial charge >= 0.3 is 0 Å². The molecule has 1 aromatic carbocycles. The zero-order chi connectivity index (χ0) is 14.9. The Kier molecular flexibility index (Phi) is 3.47. The third-order valence-electron chi connectivity index (χ3n) is 4.53. The van der Waals surface area contributed by atoms with Gasteiger partial charge in [-0.25, -0.2) is 0 Å². The monoisotopic (exact) mass is 296 g/mol. The Morgan fingerprint density at radius 3 is 2.95 bits per heavy atom. The molecule has 1 N–H and O–H groups in total. The van der Waals surface area contributed by atoms with Gasteiger partial charge in [-0.3, -0.25) is 0 Å². The molecule has 0 bridgehead atoms. The van der Waals surface area contributed by atoms with Crippen molar-refractivity contribution in [2.75, 3.05) is 0 Å². The van der Waals surface area contributed by atoms with Gasteiger partial charge in [0, 0.05) is 36.0 Å². The third kappa shape index (κ3) is 2.33. The van der Waals surface area contributed by atoms with Crippen LogP contribution in [-0.4, -0.2) is 5.16 Å². The number of hydrogen-bond donors (Lipinski definition) is 1. The molecule has 0 unspecified atom stereocenters. The number of furan rings is 1. The Morgan fingerprint density at radius 1 is 1.14 bits per heavy atom. The number of nitrogens with one attached hydrogen (secondary N) is 1. The number of nitrogens with zero attached hydrogens (tertiary/aromatic N) is 1. The van der Waals surface area contributed by atoms with Crippen LogP contribution in [0, 0.1) is 6.92 Å². The number of aryl methyl sites for hydroxylation is 2. The second kappa shape index (κ2) is 5.61. The van der Waals surface area contributed by atoms with Crippen molar-refractivity contribution in [1.82, 2.24) is 10.5 Å². The van der Waals surface area contributed by atoms with Crippen LogP contribution in [0.15, 0.2) is 33.2 Å². The molecule has 22 heavy (non-hydrogen) atoms. The number of aromatic nitrogens is 1. The van der Waals surface area contributed by atoms with E-state index in [0.29, 0.717) is 0 Å². The summed E-state index contributed by atoms with van der Waals surface area (Å²) in [7, 11) is 0. The van der Waals surface area contributed by atoms with Gasteiger partial charge in [0.25, 0.3) is 0 Å². The van der Waals surface area contributed by atoms with E-state index in [9.17, 15) is 0 Å². The number of hydrogen-bond acceptors (Lipinski definition) is 4. The second-order valence-corrected chi connectivity index (χ2v) is 5.97. The van der Waals surface area contributed by atoms with Gasteiger partial charge in [-0.15, -0.1) is 0 Å². The molecule has 1 aliphatic carbocycles. The summed E-state index contributed by atoms with van der Waals surface area (Å²) in [6, 6.07) is 8.18. The molecule has 0 radical (unpaired) electrons. The van der Waals surface area contributed by atoms with Gasteiger partial charge in [-0.05, 0) is 32.3 Å². The summed E-state index contributed by atoms with van der Waals surface area (Å²) < 4.78 is 11.3. The largest absolute Gasteiger partial charge is 0.461 e. The molecule has 0 fully saturated rings. The Hall–Kier alpha value is -2.07. The van der Waals surface area contributed by atoms with Crippen molar-refractivity contribution in [3.63, 3.8) is 0 Å². The highest BCUT2D eigenvalue weighted by molar-refractivity contribution is 5.82. The molecule has 0 spiro atoms. The maximum absolute atomic E-state index is 5.80. The summed E-state index contributed by atoms with van der Waals surface area (Å²) in [5, 5.41) is 8.92. The molecule has 0 saturated heterocycles. The maximum Gasteiger partial charge on any atom is 0.140 e. The smallest absolute Gasteiger partial charge is 0.140 e. The second-order valence-electron chi connectivity index (χ2n) is 5.97. The summed E-state index contributed by atoms with van der Waals surface area (Å²) in [6.07, 6.45) is 4.60. The van der Waals surface area contributed by atoms with Crippen molar-refractivity contribution in [1.29, 1.82) is 0 Å². The fraction of sp³-hybridized carbons (Fsp3) is 0.389. The highest BCUT2D eigenvalue weighted by Gasteiger charge is 2.19. The van der Waals surface area contributed by atoms with Gasteiger partial charge in [0.15, 0.2) is 0 Å². The molecule has 3 aromatic rings. The highest BCUT2D eigenvalue weighted by atomic mass is 16.5. The zero-order valence-electron chi connectivity index (χ0n) is 12.8. The van der Waals surface area contributed by atoms with Crippen LogP contribution in [0.3, 0.4) is 0 Å². The predicted molar refractivity (Wildman–Crippen MR) is 84.6 cm³/mol. The Morgan fingerprint density at radius 2 is 2.00 bits per heavy atom. The van der Waals surface area contributed by atoms with Crippen molar-refractivity contribution in [3.8, 4) is 0 Å². The zero-order valence-corrected chi connectivity index (χ0v) is 12.8. The van der Waals surface area contributed by atoms with E-state index in [0.717, 1.165) is 48.7 Å². The minimum absolute atomic E-state index is 0.748. The Balaban J connectivity index is 1.48. The van der Waals surface area contributed by atoms with Crippen LogP contribution < -0.4 is 5.32 Å². The van der Waals surface area contributed by atoms with E-state index in [1.165, 1.54) is 29.4 Å². The van der Waals surface area contributed by atoms with Crippen molar-refractivity contribution >= 4 is 11.0 Å². The number of benzene rings is 1. The number of para-hydroxylation sites is 1. The standard InChI is InChI=1S/C18H20N2O2/c1-12-15(13-6-2-4-8-17(13)21-12)10-19-11-16-14-7-3-5-9-18(14)22-20-16/h2,4,6,8,19H,3,5,7,9-11H2,1H3. The molecule has 2 heterocycles. The molecule has 4 nitrogen and oxygen atoms in total. The van der Waals surface area contributed by atoms with Gasteiger partial charge < -0.3 is 14.3 Å². The van der Waals surface area contributed by atoms with Crippen LogP contribution in [0.5, 0.6) is 0 Å². The topological polar surface area (TPSA) is 51.2 Å². The lowest BCUT2D eigenvalue weighted by Gasteiger charge is -2.09. The van der Waals surface area contributed by atoms with Crippen LogP contribution in [0.25, 0.3) is 11.0 Å². The molecular formula is C18H20N2O2. The van der Waals surface area contributed by atoms with Gasteiger partial charge in [-0.1, -0.05) is 23.4 Å². The van der Waals surface area contributed by atoms with Crippen molar-refractivity contribution < 1.29 is 8.94 Å². The molecular weight excluding hydrogens is 276 g/mol. The van der Waals surface area contributed by atoms with E-state index in [1.807, 2.05) is 19.1 Å². The Labute approximate surface area is 129 Å². The first-order valence-electron chi connectivity index (χ1n) is 7.97. The van der Waals surface area contributed by atoms with Crippen molar-refractivity contribution in [2.45, 2.75) is 45.7 Å². The fourth-order valence-electron chi connectivity index (χ4n) is 3.33. The van der Waals surface area contributed by atoms with E-state index in [2.05, 4.69) is 22.6 Å². The average Bonchev–Trinajstić information content (AvgIpc) is 3.09. The van der Waals surface area contributed by atoms with Crippen LogP contribution in [0.2, 0.25) is 0 Å². The number of rotatable bonds is 4. The normalized spacial score (nSPS) is 14.4. The minimum Gasteiger partial charge on any atom is -0.461 e. The van der Waals surface area contributed by atoms with Crippen LogP contribution >= 0.6 is 0 Å². The third-order valence-corrected chi connectivity index (χ3v) is 4.53. The Bertz CT molecular complexity index is 801. The van der Waals surface area contributed by atoms with E-state index in [4.69, 9.17) is 8.94 Å². The van der Waals surface area contributed by atoms with Crippen LogP contribution in [0.4, 0.5) is 0 Å². The van der Waals surface area contributed by atoms with Crippen molar-refractivity contribution in [2.24, 2.45) is 0 Å². The first kappa shape index (κ1) is 13.6. The SMILES string of the molecule is Cc1oc2ccccc2c1CNCc1noc2c1CCCC2. The molecule has 1 aliphatic rings. The molecule has 2 aromatic heterocycles. The molecule has 0 saturated carbocycles. The first-order chi connectivity index (χ1) is 10.8. The molecule has 0 aliphatic heterocycles. The fourth-order valence-corrected chi connectivity index (χ4v) is 3.33.